The van der Waals surface area contributed by atoms with Crippen LogP contribution in [0.25, 0.3) is 5.65 Å². The summed E-state index contributed by atoms with van der Waals surface area (Å²) >= 11 is 0. The Kier molecular flexibility index (Phi) is 4.69. The third-order valence-corrected chi connectivity index (χ3v) is 3.34. The number of pyridine rings is 1. The standard InChI is InChI=1S/C17H15FN4O3/c1-2-9-25-13-6-4-3-5-12(13)20-21-16-15(17(23)24)19-14-8-7-11(18)10-22(14)16/h3-8,10H,2,9H2,1H3,(H,23,24). The lowest BCUT2D eigenvalue weighted by atomic mass is 10.3. The van der Waals surface area contributed by atoms with Crippen LogP contribution in [0.1, 0.15) is 23.8 Å². The molecule has 0 aliphatic heterocycles. The van der Waals surface area contributed by atoms with E-state index in [2.05, 4.69) is 15.2 Å². The summed E-state index contributed by atoms with van der Waals surface area (Å²) in [5, 5.41) is 17.4. The molecule has 25 heavy (non-hydrogen) atoms. The van der Waals surface area contributed by atoms with E-state index in [9.17, 15) is 14.3 Å². The van der Waals surface area contributed by atoms with Gasteiger partial charge in [-0.05, 0) is 30.7 Å². The zero-order valence-corrected chi connectivity index (χ0v) is 13.4. The first-order valence-corrected chi connectivity index (χ1v) is 7.64. The fourth-order valence-electron chi connectivity index (χ4n) is 2.22. The number of rotatable bonds is 6. The second kappa shape index (κ2) is 7.08. The second-order valence-corrected chi connectivity index (χ2v) is 5.18. The molecule has 0 saturated heterocycles. The Bertz CT molecular complexity index is 952. The minimum atomic E-state index is -1.27. The van der Waals surface area contributed by atoms with Crippen LogP contribution >= 0.6 is 0 Å². The Hall–Kier alpha value is -3.29. The number of hydrogen-bond acceptors (Lipinski definition) is 5. The molecule has 8 heteroatoms. The van der Waals surface area contributed by atoms with Crippen molar-refractivity contribution >= 4 is 23.1 Å². The Balaban J connectivity index is 2.05. The van der Waals surface area contributed by atoms with E-state index < -0.39 is 11.8 Å². The fourth-order valence-corrected chi connectivity index (χ4v) is 2.22. The molecule has 0 saturated carbocycles. The van der Waals surface area contributed by atoms with E-state index >= 15 is 0 Å². The summed E-state index contributed by atoms with van der Waals surface area (Å²) in [7, 11) is 0. The third-order valence-electron chi connectivity index (χ3n) is 3.34. The topological polar surface area (TPSA) is 88.5 Å². The summed E-state index contributed by atoms with van der Waals surface area (Å²) in [6.45, 7) is 2.50. The Morgan fingerprint density at radius 1 is 1.28 bits per heavy atom. The molecular weight excluding hydrogens is 327 g/mol. The normalized spacial score (nSPS) is 11.3. The van der Waals surface area contributed by atoms with Gasteiger partial charge in [0.15, 0.2) is 11.5 Å². The molecule has 3 rings (SSSR count). The Morgan fingerprint density at radius 2 is 2.08 bits per heavy atom. The minimum absolute atomic E-state index is 0.0627. The summed E-state index contributed by atoms with van der Waals surface area (Å²) in [6.07, 6.45) is 1.95. The summed E-state index contributed by atoms with van der Waals surface area (Å²) in [4.78, 5) is 15.3. The lowest BCUT2D eigenvalue weighted by Gasteiger charge is -2.06. The number of halogens is 1. The van der Waals surface area contributed by atoms with E-state index in [1.54, 1.807) is 24.3 Å². The lowest BCUT2D eigenvalue weighted by molar-refractivity contribution is 0.0692. The van der Waals surface area contributed by atoms with Crippen LogP contribution in [-0.2, 0) is 0 Å². The number of carboxylic acids is 1. The van der Waals surface area contributed by atoms with Crippen molar-refractivity contribution < 1.29 is 19.0 Å². The summed E-state index contributed by atoms with van der Waals surface area (Å²) < 4.78 is 20.3. The first-order valence-electron chi connectivity index (χ1n) is 7.64. The van der Waals surface area contributed by atoms with Crippen molar-refractivity contribution in [3.8, 4) is 5.75 Å². The molecule has 2 heterocycles. The Labute approximate surface area is 142 Å². The molecule has 0 bridgehead atoms. The summed E-state index contributed by atoms with van der Waals surface area (Å²) in [5.74, 6) is -1.34. The van der Waals surface area contributed by atoms with Gasteiger partial charge in [0.2, 0.25) is 0 Å². The van der Waals surface area contributed by atoms with Crippen molar-refractivity contribution in [2.45, 2.75) is 13.3 Å². The number of aromatic nitrogens is 2. The number of aromatic carboxylic acids is 1. The number of para-hydroxylation sites is 1. The van der Waals surface area contributed by atoms with Gasteiger partial charge in [0.1, 0.15) is 22.9 Å². The Morgan fingerprint density at radius 3 is 2.84 bits per heavy atom. The van der Waals surface area contributed by atoms with Crippen molar-refractivity contribution in [1.82, 2.24) is 9.38 Å². The zero-order valence-electron chi connectivity index (χ0n) is 13.4. The molecule has 0 aliphatic rings. The highest BCUT2D eigenvalue weighted by atomic mass is 19.1. The van der Waals surface area contributed by atoms with Gasteiger partial charge in [0.05, 0.1) is 6.61 Å². The summed E-state index contributed by atoms with van der Waals surface area (Å²) in [6, 6.07) is 9.58. The van der Waals surface area contributed by atoms with E-state index in [-0.39, 0.29) is 17.2 Å². The molecule has 0 fully saturated rings. The van der Waals surface area contributed by atoms with Gasteiger partial charge >= 0.3 is 5.97 Å². The van der Waals surface area contributed by atoms with Crippen molar-refractivity contribution in [2.75, 3.05) is 6.61 Å². The highest BCUT2D eigenvalue weighted by Gasteiger charge is 2.18. The van der Waals surface area contributed by atoms with Gasteiger partial charge in [0, 0.05) is 6.20 Å². The van der Waals surface area contributed by atoms with Gasteiger partial charge in [-0.15, -0.1) is 10.2 Å². The molecule has 0 spiro atoms. The molecule has 3 aromatic rings. The number of benzene rings is 1. The summed E-state index contributed by atoms with van der Waals surface area (Å²) in [5.41, 5.74) is 0.406. The van der Waals surface area contributed by atoms with E-state index in [1.165, 1.54) is 16.5 Å². The predicted molar refractivity (Wildman–Crippen MR) is 88.5 cm³/mol. The molecule has 128 valence electrons. The highest BCUT2D eigenvalue weighted by molar-refractivity contribution is 5.91. The van der Waals surface area contributed by atoms with Crippen LogP contribution in [-0.4, -0.2) is 27.1 Å². The number of nitrogens with zero attached hydrogens (tertiary/aromatic N) is 4. The van der Waals surface area contributed by atoms with Crippen LogP contribution in [0, 0.1) is 5.82 Å². The molecule has 1 aromatic carbocycles. The molecule has 0 unspecified atom stereocenters. The number of hydrogen-bond donors (Lipinski definition) is 1. The van der Waals surface area contributed by atoms with Crippen molar-refractivity contribution in [3.05, 3.63) is 54.1 Å². The van der Waals surface area contributed by atoms with Crippen LogP contribution < -0.4 is 4.74 Å². The number of fused-ring (bicyclic) bond motifs is 1. The average molecular weight is 342 g/mol. The monoisotopic (exact) mass is 342 g/mol. The van der Waals surface area contributed by atoms with Crippen LogP contribution in [0.15, 0.2) is 52.8 Å². The molecule has 0 radical (unpaired) electrons. The molecule has 0 aliphatic carbocycles. The van der Waals surface area contributed by atoms with Crippen LogP contribution in [0.4, 0.5) is 15.9 Å². The van der Waals surface area contributed by atoms with Crippen molar-refractivity contribution in [2.24, 2.45) is 10.2 Å². The lowest BCUT2D eigenvalue weighted by Crippen LogP contribution is -1.96. The SMILES string of the molecule is CCCOc1ccccc1N=Nc1c(C(=O)O)nc2ccc(F)cn12. The third kappa shape index (κ3) is 3.47. The smallest absolute Gasteiger partial charge is 0.358 e. The first-order chi connectivity index (χ1) is 12.1. The predicted octanol–water partition coefficient (Wildman–Crippen LogP) is 4.38. The number of azo groups is 1. The van der Waals surface area contributed by atoms with Gasteiger partial charge < -0.3 is 9.84 Å². The number of carboxylic acid groups (broad SMARTS) is 1. The van der Waals surface area contributed by atoms with Crippen LogP contribution in [0.2, 0.25) is 0 Å². The largest absolute Gasteiger partial charge is 0.491 e. The molecular formula is C17H15FN4O3. The van der Waals surface area contributed by atoms with E-state index in [0.717, 1.165) is 12.6 Å². The quantitative estimate of drug-likeness (QED) is 0.673. The number of carbonyl (C=O) groups is 1. The maximum absolute atomic E-state index is 13.5. The van der Waals surface area contributed by atoms with Crippen LogP contribution in [0.3, 0.4) is 0 Å². The average Bonchev–Trinajstić information content (AvgIpc) is 2.97. The molecule has 0 atom stereocenters. The minimum Gasteiger partial charge on any atom is -0.491 e. The van der Waals surface area contributed by atoms with Gasteiger partial charge in [-0.3, -0.25) is 4.40 Å². The molecule has 1 N–H and O–H groups in total. The highest BCUT2D eigenvalue weighted by Crippen LogP contribution is 2.30. The number of ether oxygens (including phenoxy) is 1. The van der Waals surface area contributed by atoms with E-state index in [1.807, 2.05) is 6.92 Å². The van der Waals surface area contributed by atoms with Crippen LogP contribution in [0.5, 0.6) is 5.75 Å². The van der Waals surface area contributed by atoms with E-state index in [0.29, 0.717) is 18.0 Å². The van der Waals surface area contributed by atoms with Gasteiger partial charge in [0.25, 0.3) is 0 Å². The van der Waals surface area contributed by atoms with Gasteiger partial charge in [-0.2, -0.15) is 0 Å². The van der Waals surface area contributed by atoms with Crippen molar-refractivity contribution in [3.63, 3.8) is 0 Å². The molecule has 7 nitrogen and oxygen atoms in total. The van der Waals surface area contributed by atoms with Gasteiger partial charge in [-0.1, -0.05) is 19.1 Å². The number of imidazole rings is 1. The fraction of sp³-hybridized carbons (Fsp3) is 0.176. The second-order valence-electron chi connectivity index (χ2n) is 5.18. The molecule has 2 aromatic heterocycles. The van der Waals surface area contributed by atoms with Crippen molar-refractivity contribution in [1.29, 1.82) is 0 Å². The zero-order chi connectivity index (χ0) is 17.8. The first kappa shape index (κ1) is 16.6. The van der Waals surface area contributed by atoms with Gasteiger partial charge in [-0.25, -0.2) is 14.2 Å². The maximum Gasteiger partial charge on any atom is 0.358 e. The van der Waals surface area contributed by atoms with E-state index in [4.69, 9.17) is 4.74 Å². The maximum atomic E-state index is 13.5. The molecule has 0 amide bonds.